The zero-order valence-corrected chi connectivity index (χ0v) is 11.9. The summed E-state index contributed by atoms with van der Waals surface area (Å²) in [6.45, 7) is 5.38. The third-order valence-electron chi connectivity index (χ3n) is 4.41. The van der Waals surface area contributed by atoms with E-state index in [9.17, 15) is 9.59 Å². The molecule has 1 amide bonds. The number of amides is 1. The van der Waals surface area contributed by atoms with E-state index in [0.29, 0.717) is 6.04 Å². The number of carbonyl (C=O) groups is 1. The average Bonchev–Trinajstić information content (AvgIpc) is 2.46. The van der Waals surface area contributed by atoms with Gasteiger partial charge in [0.2, 0.25) is 0 Å². The van der Waals surface area contributed by atoms with E-state index in [0.717, 1.165) is 38.3 Å². The van der Waals surface area contributed by atoms with Gasteiger partial charge in [0.05, 0.1) is 0 Å². The molecule has 1 atom stereocenters. The van der Waals surface area contributed by atoms with E-state index < -0.39 is 0 Å². The number of aryl methyl sites for hydroxylation is 1. The van der Waals surface area contributed by atoms with Gasteiger partial charge in [0, 0.05) is 31.4 Å². The van der Waals surface area contributed by atoms with Gasteiger partial charge in [-0.05, 0) is 38.4 Å². The molecule has 20 heavy (non-hydrogen) atoms. The van der Waals surface area contributed by atoms with Crippen LogP contribution in [0.1, 0.15) is 35.3 Å². The van der Waals surface area contributed by atoms with Crippen molar-refractivity contribution in [3.8, 4) is 0 Å². The van der Waals surface area contributed by atoms with Crippen molar-refractivity contribution in [1.82, 2.24) is 14.8 Å². The second-order valence-corrected chi connectivity index (χ2v) is 5.82. The van der Waals surface area contributed by atoms with E-state index in [2.05, 4.69) is 9.88 Å². The molecule has 2 saturated heterocycles. The van der Waals surface area contributed by atoms with Crippen molar-refractivity contribution in [3.05, 3.63) is 33.7 Å². The summed E-state index contributed by atoms with van der Waals surface area (Å²) >= 11 is 0. The quantitative estimate of drug-likeness (QED) is 0.831. The molecule has 2 fully saturated rings. The summed E-state index contributed by atoms with van der Waals surface area (Å²) in [5, 5.41) is 0. The van der Waals surface area contributed by atoms with Gasteiger partial charge in [0.1, 0.15) is 5.56 Å². The number of piperidine rings is 1. The number of fused-ring (bicyclic) bond motifs is 1. The SMILES string of the molecule is Cc1ccc(C(=O)N2CCN3CCCCC3C2)c(=O)[nH]1. The largest absolute Gasteiger partial charge is 0.336 e. The zero-order chi connectivity index (χ0) is 14.1. The number of H-pyrrole nitrogens is 1. The van der Waals surface area contributed by atoms with Crippen molar-refractivity contribution in [2.24, 2.45) is 0 Å². The lowest BCUT2D eigenvalue weighted by Gasteiger charge is -2.43. The van der Waals surface area contributed by atoms with Crippen molar-refractivity contribution in [2.45, 2.75) is 32.2 Å². The lowest BCUT2D eigenvalue weighted by molar-refractivity contribution is 0.0371. The lowest BCUT2D eigenvalue weighted by Crippen LogP contribution is -2.56. The molecule has 1 aromatic rings. The molecule has 1 unspecified atom stereocenters. The lowest BCUT2D eigenvalue weighted by atomic mass is 9.99. The number of hydrogen-bond acceptors (Lipinski definition) is 3. The fourth-order valence-corrected chi connectivity index (χ4v) is 3.25. The van der Waals surface area contributed by atoms with E-state index >= 15 is 0 Å². The Balaban J connectivity index is 1.76. The van der Waals surface area contributed by atoms with E-state index in [1.54, 1.807) is 12.1 Å². The van der Waals surface area contributed by atoms with Gasteiger partial charge in [0.25, 0.3) is 11.5 Å². The molecule has 3 rings (SSSR count). The molecule has 5 heteroatoms. The summed E-state index contributed by atoms with van der Waals surface area (Å²) in [7, 11) is 0. The van der Waals surface area contributed by atoms with Gasteiger partial charge >= 0.3 is 0 Å². The topological polar surface area (TPSA) is 56.4 Å². The van der Waals surface area contributed by atoms with Crippen LogP contribution in [0.25, 0.3) is 0 Å². The monoisotopic (exact) mass is 275 g/mol. The van der Waals surface area contributed by atoms with Crippen molar-refractivity contribution < 1.29 is 4.79 Å². The molecule has 0 saturated carbocycles. The number of aromatic nitrogens is 1. The smallest absolute Gasteiger partial charge is 0.260 e. The van der Waals surface area contributed by atoms with E-state index in [1.165, 1.54) is 12.8 Å². The maximum Gasteiger partial charge on any atom is 0.260 e. The minimum Gasteiger partial charge on any atom is -0.336 e. The predicted molar refractivity (Wildman–Crippen MR) is 76.9 cm³/mol. The maximum absolute atomic E-state index is 12.5. The number of carbonyl (C=O) groups excluding carboxylic acids is 1. The van der Waals surface area contributed by atoms with Crippen molar-refractivity contribution in [3.63, 3.8) is 0 Å². The average molecular weight is 275 g/mol. The molecule has 0 spiro atoms. The first-order valence-corrected chi connectivity index (χ1v) is 7.38. The summed E-state index contributed by atoms with van der Waals surface area (Å²) in [6.07, 6.45) is 3.67. The van der Waals surface area contributed by atoms with Crippen LogP contribution in [0.4, 0.5) is 0 Å². The Kier molecular flexibility index (Phi) is 3.61. The Hall–Kier alpha value is -1.62. The molecule has 5 nitrogen and oxygen atoms in total. The van der Waals surface area contributed by atoms with E-state index in [-0.39, 0.29) is 17.0 Å². The molecule has 3 heterocycles. The van der Waals surface area contributed by atoms with Crippen LogP contribution >= 0.6 is 0 Å². The summed E-state index contributed by atoms with van der Waals surface area (Å²) in [4.78, 5) is 31.4. The standard InChI is InChI=1S/C15H21N3O2/c1-11-5-6-13(14(19)16-11)15(20)18-9-8-17-7-3-2-4-12(17)10-18/h5-6,12H,2-4,7-10H2,1H3,(H,16,19). The Bertz CT molecular complexity index is 566. The number of nitrogens with one attached hydrogen (secondary N) is 1. The third kappa shape index (κ3) is 2.50. The van der Waals surface area contributed by atoms with Gasteiger partial charge in [-0.15, -0.1) is 0 Å². The highest BCUT2D eigenvalue weighted by Gasteiger charge is 2.31. The Morgan fingerprint density at radius 1 is 1.25 bits per heavy atom. The number of hydrogen-bond donors (Lipinski definition) is 1. The van der Waals surface area contributed by atoms with Crippen molar-refractivity contribution >= 4 is 5.91 Å². The minimum absolute atomic E-state index is 0.128. The third-order valence-corrected chi connectivity index (χ3v) is 4.41. The highest BCUT2D eigenvalue weighted by molar-refractivity contribution is 5.93. The number of rotatable bonds is 1. The van der Waals surface area contributed by atoms with Crippen LogP contribution in [0.3, 0.4) is 0 Å². The molecule has 1 N–H and O–H groups in total. The van der Waals surface area contributed by atoms with Crippen LogP contribution in [0.2, 0.25) is 0 Å². The zero-order valence-electron chi connectivity index (χ0n) is 11.9. The fourth-order valence-electron chi connectivity index (χ4n) is 3.25. The predicted octanol–water partition coefficient (Wildman–Crippen LogP) is 0.994. The molecule has 0 radical (unpaired) electrons. The fraction of sp³-hybridized carbons (Fsp3) is 0.600. The van der Waals surface area contributed by atoms with Gasteiger partial charge < -0.3 is 9.88 Å². The van der Waals surface area contributed by atoms with Crippen LogP contribution in [0, 0.1) is 6.92 Å². The number of nitrogens with zero attached hydrogens (tertiary/aromatic N) is 2. The molecule has 0 aliphatic carbocycles. The second-order valence-electron chi connectivity index (χ2n) is 5.82. The second kappa shape index (κ2) is 5.40. The summed E-state index contributed by atoms with van der Waals surface area (Å²) in [5.41, 5.74) is 0.768. The number of aromatic amines is 1. The van der Waals surface area contributed by atoms with Gasteiger partial charge in [-0.1, -0.05) is 6.42 Å². The van der Waals surface area contributed by atoms with Crippen molar-refractivity contribution in [2.75, 3.05) is 26.2 Å². The van der Waals surface area contributed by atoms with Crippen LogP contribution in [0.5, 0.6) is 0 Å². The van der Waals surface area contributed by atoms with Gasteiger partial charge in [-0.3, -0.25) is 14.5 Å². The first-order chi connectivity index (χ1) is 9.65. The Morgan fingerprint density at radius 3 is 2.90 bits per heavy atom. The normalized spacial score (nSPS) is 23.4. The molecule has 2 aliphatic heterocycles. The molecular weight excluding hydrogens is 254 g/mol. The Morgan fingerprint density at radius 2 is 2.10 bits per heavy atom. The molecular formula is C15H21N3O2. The molecule has 1 aromatic heterocycles. The molecule has 108 valence electrons. The maximum atomic E-state index is 12.5. The highest BCUT2D eigenvalue weighted by Crippen LogP contribution is 2.21. The summed E-state index contributed by atoms with van der Waals surface area (Å²) in [5.74, 6) is -0.128. The number of pyridine rings is 1. The van der Waals surface area contributed by atoms with E-state index in [1.807, 2.05) is 11.8 Å². The number of piperazine rings is 1. The molecule has 2 aliphatic rings. The van der Waals surface area contributed by atoms with Gasteiger partial charge in [0.15, 0.2) is 0 Å². The molecule has 0 bridgehead atoms. The highest BCUT2D eigenvalue weighted by atomic mass is 16.2. The molecule has 0 aromatic carbocycles. The van der Waals surface area contributed by atoms with Crippen LogP contribution in [-0.4, -0.2) is 52.9 Å². The Labute approximate surface area is 118 Å². The van der Waals surface area contributed by atoms with Crippen LogP contribution in [-0.2, 0) is 0 Å². The first kappa shape index (κ1) is 13.4. The summed E-state index contributed by atoms with van der Waals surface area (Å²) in [6, 6.07) is 3.90. The van der Waals surface area contributed by atoms with E-state index in [4.69, 9.17) is 0 Å². The first-order valence-electron chi connectivity index (χ1n) is 7.38. The summed E-state index contributed by atoms with van der Waals surface area (Å²) < 4.78 is 0. The van der Waals surface area contributed by atoms with Crippen LogP contribution < -0.4 is 5.56 Å². The van der Waals surface area contributed by atoms with Gasteiger partial charge in [-0.2, -0.15) is 0 Å². The van der Waals surface area contributed by atoms with Gasteiger partial charge in [-0.25, -0.2) is 0 Å². The van der Waals surface area contributed by atoms with Crippen molar-refractivity contribution in [1.29, 1.82) is 0 Å². The van der Waals surface area contributed by atoms with Crippen LogP contribution in [0.15, 0.2) is 16.9 Å². The minimum atomic E-state index is -0.277.